The van der Waals surface area contributed by atoms with Crippen molar-refractivity contribution >= 4 is 23.3 Å². The van der Waals surface area contributed by atoms with Gasteiger partial charge in [-0.1, -0.05) is 11.9 Å². The topological polar surface area (TPSA) is 6.48 Å². The van der Waals surface area contributed by atoms with Crippen molar-refractivity contribution in [1.82, 2.24) is 0 Å². The first-order valence-corrected chi connectivity index (χ1v) is 5.73. The lowest BCUT2D eigenvalue weighted by atomic mass is 10.2. The smallest absolute Gasteiger partial charge is 0.125 e. The molecule has 1 aliphatic rings. The second-order valence-corrected chi connectivity index (χ2v) is 4.15. The fourth-order valence-corrected chi connectivity index (χ4v) is 2.30. The Hall–Kier alpha value is -0.900. The summed E-state index contributed by atoms with van der Waals surface area (Å²) in [6.45, 7) is 1.92. The lowest BCUT2D eigenvalue weighted by Gasteiger charge is -2.35. The summed E-state index contributed by atoms with van der Waals surface area (Å²) in [5, 5.41) is 0. The van der Waals surface area contributed by atoms with Crippen LogP contribution in [0.15, 0.2) is 18.2 Å². The van der Waals surface area contributed by atoms with Crippen molar-refractivity contribution in [3.8, 4) is 0 Å². The molecular formula is C10H13FN2S. The molecule has 2 nitrogen and oxygen atoms in total. The molecule has 0 atom stereocenters. The molecule has 0 saturated heterocycles. The van der Waals surface area contributed by atoms with Crippen LogP contribution in [0.4, 0.5) is 15.8 Å². The highest BCUT2D eigenvalue weighted by atomic mass is 32.2. The SMILES string of the molecule is CSN1CCN(C)c2cc(F)ccc21. The lowest BCUT2D eigenvalue weighted by molar-refractivity contribution is 0.626. The molecular weight excluding hydrogens is 199 g/mol. The molecule has 0 bridgehead atoms. The molecule has 0 N–H and O–H groups in total. The molecule has 4 heteroatoms. The van der Waals surface area contributed by atoms with Gasteiger partial charge in [-0.3, -0.25) is 0 Å². The first-order valence-electron chi connectivity index (χ1n) is 4.54. The number of hydrogen-bond acceptors (Lipinski definition) is 3. The Morgan fingerprint density at radius 3 is 2.79 bits per heavy atom. The number of benzene rings is 1. The molecule has 0 spiro atoms. The van der Waals surface area contributed by atoms with E-state index in [4.69, 9.17) is 0 Å². The predicted octanol–water partition coefficient (Wildman–Crippen LogP) is 2.36. The van der Waals surface area contributed by atoms with Gasteiger partial charge < -0.3 is 9.21 Å². The van der Waals surface area contributed by atoms with Crippen molar-refractivity contribution in [1.29, 1.82) is 0 Å². The van der Waals surface area contributed by atoms with E-state index in [0.717, 1.165) is 24.5 Å². The van der Waals surface area contributed by atoms with Gasteiger partial charge in [-0.05, 0) is 18.2 Å². The zero-order valence-electron chi connectivity index (χ0n) is 8.33. The molecule has 2 rings (SSSR count). The maximum Gasteiger partial charge on any atom is 0.125 e. The quantitative estimate of drug-likeness (QED) is 0.660. The van der Waals surface area contributed by atoms with E-state index in [0.29, 0.717) is 0 Å². The Morgan fingerprint density at radius 1 is 1.29 bits per heavy atom. The van der Waals surface area contributed by atoms with E-state index in [2.05, 4.69) is 9.21 Å². The molecule has 0 radical (unpaired) electrons. The molecule has 76 valence electrons. The van der Waals surface area contributed by atoms with Gasteiger partial charge in [0.1, 0.15) is 5.82 Å². The van der Waals surface area contributed by atoms with Gasteiger partial charge in [-0.25, -0.2) is 4.39 Å². The summed E-state index contributed by atoms with van der Waals surface area (Å²) < 4.78 is 15.2. The van der Waals surface area contributed by atoms with Gasteiger partial charge in [0.2, 0.25) is 0 Å². The normalized spacial score (nSPS) is 15.6. The molecule has 0 saturated carbocycles. The Labute approximate surface area is 87.8 Å². The van der Waals surface area contributed by atoms with E-state index >= 15 is 0 Å². The van der Waals surface area contributed by atoms with E-state index in [-0.39, 0.29) is 5.82 Å². The fourth-order valence-electron chi connectivity index (χ4n) is 1.68. The van der Waals surface area contributed by atoms with Crippen LogP contribution >= 0.6 is 11.9 Å². The Balaban J connectivity index is 2.45. The monoisotopic (exact) mass is 212 g/mol. The van der Waals surface area contributed by atoms with Gasteiger partial charge >= 0.3 is 0 Å². The summed E-state index contributed by atoms with van der Waals surface area (Å²) in [6.07, 6.45) is 2.04. The molecule has 1 heterocycles. The molecule has 0 amide bonds. The summed E-state index contributed by atoms with van der Waals surface area (Å²) in [5.41, 5.74) is 2.08. The molecule has 0 aliphatic carbocycles. The van der Waals surface area contributed by atoms with Crippen LogP contribution in [0, 0.1) is 5.82 Å². The van der Waals surface area contributed by atoms with Crippen LogP contribution in [-0.2, 0) is 0 Å². The minimum atomic E-state index is -0.168. The van der Waals surface area contributed by atoms with Crippen LogP contribution in [0.2, 0.25) is 0 Å². The van der Waals surface area contributed by atoms with Crippen LogP contribution < -0.4 is 9.21 Å². The highest BCUT2D eigenvalue weighted by Crippen LogP contribution is 2.35. The van der Waals surface area contributed by atoms with E-state index in [1.165, 1.54) is 6.07 Å². The molecule has 0 aromatic heterocycles. The van der Waals surface area contributed by atoms with Crippen molar-refractivity contribution < 1.29 is 4.39 Å². The van der Waals surface area contributed by atoms with Crippen molar-refractivity contribution in [2.75, 3.05) is 35.6 Å². The molecule has 1 aliphatic heterocycles. The number of fused-ring (bicyclic) bond motifs is 1. The molecule has 0 fully saturated rings. The third-order valence-corrected chi connectivity index (χ3v) is 3.30. The predicted molar refractivity (Wildman–Crippen MR) is 60.5 cm³/mol. The summed E-state index contributed by atoms with van der Waals surface area (Å²) in [5.74, 6) is -0.168. The second kappa shape index (κ2) is 3.69. The van der Waals surface area contributed by atoms with Crippen LogP contribution in [-0.4, -0.2) is 26.4 Å². The third kappa shape index (κ3) is 1.54. The third-order valence-electron chi connectivity index (χ3n) is 2.48. The molecule has 1 aromatic carbocycles. The zero-order valence-corrected chi connectivity index (χ0v) is 9.14. The highest BCUT2D eigenvalue weighted by Gasteiger charge is 2.19. The van der Waals surface area contributed by atoms with Gasteiger partial charge in [0.25, 0.3) is 0 Å². The lowest BCUT2D eigenvalue weighted by Crippen LogP contribution is -2.35. The summed E-state index contributed by atoms with van der Waals surface area (Å²) in [6, 6.07) is 4.95. The molecule has 14 heavy (non-hydrogen) atoms. The van der Waals surface area contributed by atoms with Gasteiger partial charge in [0, 0.05) is 26.4 Å². The van der Waals surface area contributed by atoms with Crippen LogP contribution in [0.1, 0.15) is 0 Å². The Kier molecular flexibility index (Phi) is 2.54. The Morgan fingerprint density at radius 2 is 2.07 bits per heavy atom. The molecule has 1 aromatic rings. The summed E-state index contributed by atoms with van der Waals surface area (Å²) in [7, 11) is 2.00. The number of nitrogens with zero attached hydrogens (tertiary/aromatic N) is 2. The van der Waals surface area contributed by atoms with Crippen molar-refractivity contribution in [3.05, 3.63) is 24.0 Å². The minimum absolute atomic E-state index is 0.168. The standard InChI is InChI=1S/C10H13FN2S/c1-12-5-6-13(14-2)9-4-3-8(11)7-10(9)12/h3-4,7H,5-6H2,1-2H3. The Bertz CT molecular complexity index is 343. The van der Waals surface area contributed by atoms with E-state index < -0.39 is 0 Å². The highest BCUT2D eigenvalue weighted by molar-refractivity contribution is 8.00. The van der Waals surface area contributed by atoms with E-state index in [9.17, 15) is 4.39 Å². The maximum absolute atomic E-state index is 13.0. The first kappa shape index (κ1) is 9.65. The number of halogens is 1. The van der Waals surface area contributed by atoms with Crippen molar-refractivity contribution in [3.63, 3.8) is 0 Å². The van der Waals surface area contributed by atoms with Crippen LogP contribution in [0.5, 0.6) is 0 Å². The number of likely N-dealkylation sites (N-methyl/N-ethyl adjacent to an activating group) is 1. The van der Waals surface area contributed by atoms with E-state index in [1.807, 2.05) is 19.4 Å². The van der Waals surface area contributed by atoms with Crippen molar-refractivity contribution in [2.24, 2.45) is 0 Å². The largest absolute Gasteiger partial charge is 0.371 e. The maximum atomic E-state index is 13.0. The zero-order chi connectivity index (χ0) is 10.1. The molecule has 0 unspecified atom stereocenters. The minimum Gasteiger partial charge on any atom is -0.371 e. The van der Waals surface area contributed by atoms with Crippen LogP contribution in [0.25, 0.3) is 0 Å². The van der Waals surface area contributed by atoms with E-state index in [1.54, 1.807) is 18.0 Å². The van der Waals surface area contributed by atoms with Crippen molar-refractivity contribution in [2.45, 2.75) is 0 Å². The summed E-state index contributed by atoms with van der Waals surface area (Å²) in [4.78, 5) is 2.09. The van der Waals surface area contributed by atoms with Gasteiger partial charge in [-0.15, -0.1) is 0 Å². The summed E-state index contributed by atoms with van der Waals surface area (Å²) >= 11 is 1.68. The average Bonchev–Trinajstić information content (AvgIpc) is 2.19. The van der Waals surface area contributed by atoms with Gasteiger partial charge in [0.05, 0.1) is 11.4 Å². The average molecular weight is 212 g/mol. The number of rotatable bonds is 1. The van der Waals surface area contributed by atoms with Gasteiger partial charge in [0.15, 0.2) is 0 Å². The first-order chi connectivity index (χ1) is 6.72. The fraction of sp³-hybridized carbons (Fsp3) is 0.400. The second-order valence-electron chi connectivity index (χ2n) is 3.34. The number of anilines is 2. The van der Waals surface area contributed by atoms with Crippen LogP contribution in [0.3, 0.4) is 0 Å². The van der Waals surface area contributed by atoms with Gasteiger partial charge in [-0.2, -0.15) is 0 Å². The number of hydrogen-bond donors (Lipinski definition) is 0.